The highest BCUT2D eigenvalue weighted by Gasteiger charge is 2.38. The Bertz CT molecular complexity index is 503. The van der Waals surface area contributed by atoms with Crippen LogP contribution in [0.2, 0.25) is 0 Å². The molecule has 1 N–H and O–H groups in total. The zero-order chi connectivity index (χ0) is 15.3. The fraction of sp³-hybridized carbons (Fsp3) is 0.417. The quantitative estimate of drug-likeness (QED) is 0.667. The molecule has 1 rings (SSSR count). The van der Waals surface area contributed by atoms with Crippen molar-refractivity contribution in [3.05, 3.63) is 30.1 Å². The van der Waals surface area contributed by atoms with Crippen molar-refractivity contribution in [1.82, 2.24) is 9.97 Å². The Morgan fingerprint density at radius 1 is 1.60 bits per heavy atom. The van der Waals surface area contributed by atoms with E-state index in [2.05, 4.69) is 26.6 Å². The lowest BCUT2D eigenvalue weighted by Crippen LogP contribution is -2.21. The van der Waals surface area contributed by atoms with E-state index in [1.165, 1.54) is 13.0 Å². The highest BCUT2D eigenvalue weighted by molar-refractivity contribution is 5.90. The molecule has 110 valence electrons. The molecule has 0 aliphatic rings. The Morgan fingerprint density at radius 2 is 2.25 bits per heavy atom. The minimum Gasteiger partial charge on any atom is -0.462 e. The number of carbonyl (C=O) groups excluding carboxylic acids is 1. The van der Waals surface area contributed by atoms with E-state index in [0.717, 1.165) is 6.20 Å². The fourth-order valence-electron chi connectivity index (χ4n) is 1.29. The van der Waals surface area contributed by atoms with Crippen molar-refractivity contribution in [2.24, 2.45) is 0 Å². The van der Waals surface area contributed by atoms with Crippen molar-refractivity contribution < 1.29 is 22.7 Å². The summed E-state index contributed by atoms with van der Waals surface area (Å²) in [6.07, 6.45) is -2.50. The molecule has 0 aliphatic carbocycles. The van der Waals surface area contributed by atoms with Gasteiger partial charge in [0, 0.05) is 12.2 Å². The van der Waals surface area contributed by atoms with E-state index in [0.29, 0.717) is 0 Å². The van der Waals surface area contributed by atoms with Crippen molar-refractivity contribution in [2.45, 2.75) is 26.1 Å². The molecule has 0 aliphatic heterocycles. The van der Waals surface area contributed by atoms with Gasteiger partial charge in [-0.05, 0) is 13.8 Å². The maximum absolute atomic E-state index is 12.9. The highest BCUT2D eigenvalue weighted by atomic mass is 19.4. The Morgan fingerprint density at radius 3 is 2.75 bits per heavy atom. The number of nitrogens with one attached hydrogen (secondary N) is 1. The van der Waals surface area contributed by atoms with Gasteiger partial charge in [-0.1, -0.05) is 6.08 Å². The van der Waals surface area contributed by atoms with Gasteiger partial charge in [-0.3, -0.25) is 0 Å². The van der Waals surface area contributed by atoms with Crippen LogP contribution in [0.4, 0.5) is 19.1 Å². The number of esters is 1. The van der Waals surface area contributed by atoms with Gasteiger partial charge in [-0.2, -0.15) is 13.2 Å². The van der Waals surface area contributed by atoms with Gasteiger partial charge in [0.1, 0.15) is 5.56 Å². The van der Waals surface area contributed by atoms with Crippen LogP contribution < -0.4 is 5.32 Å². The second-order valence-electron chi connectivity index (χ2n) is 3.84. The molecule has 0 bridgehead atoms. The van der Waals surface area contributed by atoms with Crippen molar-refractivity contribution in [1.29, 1.82) is 0 Å². The molecule has 1 unspecified atom stereocenters. The first-order chi connectivity index (χ1) is 9.29. The predicted octanol–water partition coefficient (Wildman–Crippen LogP) is 2.66. The Balaban J connectivity index is 3.20. The lowest BCUT2D eigenvalue weighted by molar-refractivity contribution is -0.141. The van der Waals surface area contributed by atoms with Gasteiger partial charge in [0.2, 0.25) is 5.95 Å². The normalized spacial score (nSPS) is 12.7. The molecule has 0 amide bonds. The zero-order valence-electron chi connectivity index (χ0n) is 11.0. The number of rotatable bonds is 5. The minimum absolute atomic E-state index is 0.0381. The molecular formula is C12H14F3N3O2. The summed E-state index contributed by atoms with van der Waals surface area (Å²) in [5.41, 5.74) is -2.04. The van der Waals surface area contributed by atoms with E-state index in [9.17, 15) is 18.0 Å². The number of carbonyl (C=O) groups is 1. The molecule has 0 saturated heterocycles. The fourth-order valence-corrected chi connectivity index (χ4v) is 1.29. The van der Waals surface area contributed by atoms with Crippen LogP contribution in [0.25, 0.3) is 0 Å². The smallest absolute Gasteiger partial charge is 0.434 e. The summed E-state index contributed by atoms with van der Waals surface area (Å²) in [5, 5.41) is 2.61. The van der Waals surface area contributed by atoms with Crippen molar-refractivity contribution >= 4 is 11.9 Å². The minimum atomic E-state index is -4.78. The van der Waals surface area contributed by atoms with Gasteiger partial charge < -0.3 is 10.1 Å². The Kier molecular flexibility index (Phi) is 5.06. The molecule has 0 saturated carbocycles. The zero-order valence-corrected chi connectivity index (χ0v) is 11.0. The molecule has 5 nitrogen and oxygen atoms in total. The molecule has 1 aromatic heterocycles. The third-order valence-electron chi connectivity index (χ3n) is 2.26. The van der Waals surface area contributed by atoms with Gasteiger partial charge in [0.25, 0.3) is 0 Å². The molecule has 8 heteroatoms. The molecule has 1 heterocycles. The third-order valence-corrected chi connectivity index (χ3v) is 2.26. The summed E-state index contributed by atoms with van der Waals surface area (Å²) < 4.78 is 43.3. The molecule has 1 atom stereocenters. The number of nitrogens with zero attached hydrogens (tertiary/aromatic N) is 2. The van der Waals surface area contributed by atoms with E-state index >= 15 is 0 Å². The number of ether oxygens (including phenoxy) is 1. The first-order valence-corrected chi connectivity index (χ1v) is 5.80. The summed E-state index contributed by atoms with van der Waals surface area (Å²) in [5.74, 6) is -1.35. The average molecular weight is 289 g/mol. The predicted molar refractivity (Wildman–Crippen MR) is 66.3 cm³/mol. The van der Waals surface area contributed by atoms with Crippen LogP contribution in [0.15, 0.2) is 18.9 Å². The van der Waals surface area contributed by atoms with E-state index in [-0.39, 0.29) is 18.6 Å². The average Bonchev–Trinajstić information content (AvgIpc) is 2.37. The SMILES string of the molecule is C=CC(C)Nc1ncc(C(=O)OCC)c(C(F)(F)F)n1. The van der Waals surface area contributed by atoms with Crippen LogP contribution in [0.3, 0.4) is 0 Å². The molecular weight excluding hydrogens is 275 g/mol. The Hall–Kier alpha value is -2.12. The van der Waals surface area contributed by atoms with Gasteiger partial charge in [-0.25, -0.2) is 14.8 Å². The van der Waals surface area contributed by atoms with Gasteiger partial charge in [0.05, 0.1) is 6.61 Å². The van der Waals surface area contributed by atoms with Gasteiger partial charge >= 0.3 is 12.1 Å². The maximum Gasteiger partial charge on any atom is 0.434 e. The molecule has 0 fully saturated rings. The number of halogens is 3. The number of alkyl halides is 3. The van der Waals surface area contributed by atoms with E-state index in [1.807, 2.05) is 0 Å². The first-order valence-electron chi connectivity index (χ1n) is 5.80. The summed E-state index contributed by atoms with van der Waals surface area (Å²) in [6, 6.07) is -0.315. The van der Waals surface area contributed by atoms with Crippen LogP contribution >= 0.6 is 0 Å². The molecule has 20 heavy (non-hydrogen) atoms. The molecule has 0 aromatic carbocycles. The third kappa shape index (κ3) is 3.94. The van der Waals surface area contributed by atoms with Crippen LogP contribution in [-0.2, 0) is 10.9 Å². The standard InChI is InChI=1S/C12H14F3N3O2/c1-4-7(3)17-11-16-6-8(10(19)20-5-2)9(18-11)12(13,14)15/h4,6-7H,1,5H2,2-3H3,(H,16,17,18). The lowest BCUT2D eigenvalue weighted by atomic mass is 10.2. The van der Waals surface area contributed by atoms with Crippen LogP contribution in [0.1, 0.15) is 29.9 Å². The first kappa shape index (κ1) is 15.9. The number of anilines is 1. The topological polar surface area (TPSA) is 64.1 Å². The van der Waals surface area contributed by atoms with Crippen molar-refractivity contribution in [2.75, 3.05) is 11.9 Å². The lowest BCUT2D eigenvalue weighted by Gasteiger charge is -2.14. The number of hydrogen-bond donors (Lipinski definition) is 1. The van der Waals surface area contributed by atoms with Crippen LogP contribution in [0, 0.1) is 0 Å². The molecule has 0 spiro atoms. The van der Waals surface area contributed by atoms with Crippen molar-refractivity contribution in [3.8, 4) is 0 Å². The summed E-state index contributed by atoms with van der Waals surface area (Å²) in [6.45, 7) is 6.61. The van der Waals surface area contributed by atoms with E-state index < -0.39 is 23.4 Å². The highest BCUT2D eigenvalue weighted by Crippen LogP contribution is 2.31. The van der Waals surface area contributed by atoms with Crippen molar-refractivity contribution in [3.63, 3.8) is 0 Å². The van der Waals surface area contributed by atoms with E-state index in [4.69, 9.17) is 0 Å². The van der Waals surface area contributed by atoms with Gasteiger partial charge in [0.15, 0.2) is 5.69 Å². The number of aromatic nitrogens is 2. The molecule has 1 aromatic rings. The second kappa shape index (κ2) is 6.36. The second-order valence-corrected chi connectivity index (χ2v) is 3.84. The number of hydrogen-bond acceptors (Lipinski definition) is 5. The monoisotopic (exact) mass is 289 g/mol. The van der Waals surface area contributed by atoms with Crippen LogP contribution in [-0.4, -0.2) is 28.6 Å². The Labute approximate surface area is 113 Å². The maximum atomic E-state index is 12.9. The van der Waals surface area contributed by atoms with Crippen LogP contribution in [0.5, 0.6) is 0 Å². The summed E-state index contributed by atoms with van der Waals surface area (Å²) >= 11 is 0. The summed E-state index contributed by atoms with van der Waals surface area (Å²) in [4.78, 5) is 18.5. The molecule has 0 radical (unpaired) electrons. The summed E-state index contributed by atoms with van der Waals surface area (Å²) in [7, 11) is 0. The largest absolute Gasteiger partial charge is 0.462 e. The van der Waals surface area contributed by atoms with E-state index in [1.54, 1.807) is 6.92 Å². The van der Waals surface area contributed by atoms with Gasteiger partial charge in [-0.15, -0.1) is 6.58 Å².